The molecule has 1 aromatic heterocycles. The molecule has 2 aromatic rings. The average Bonchev–Trinajstić information content (AvgIpc) is 3.12. The molecule has 0 aliphatic carbocycles. The second kappa shape index (κ2) is 8.04. The van der Waals surface area contributed by atoms with E-state index in [1.807, 2.05) is 55.5 Å². The smallest absolute Gasteiger partial charge is 0.253 e. The van der Waals surface area contributed by atoms with Crippen LogP contribution in [0.25, 0.3) is 0 Å². The van der Waals surface area contributed by atoms with Crippen molar-refractivity contribution < 1.29 is 9.90 Å². The van der Waals surface area contributed by atoms with Crippen molar-refractivity contribution in [2.45, 2.75) is 51.7 Å². The van der Waals surface area contributed by atoms with Gasteiger partial charge >= 0.3 is 0 Å². The first-order valence-electron chi connectivity index (χ1n) is 9.47. The van der Waals surface area contributed by atoms with E-state index in [4.69, 9.17) is 0 Å². The molecule has 1 aromatic carbocycles. The van der Waals surface area contributed by atoms with Crippen LogP contribution in [0.4, 0.5) is 0 Å². The normalized spacial score (nSPS) is 18.1. The van der Waals surface area contributed by atoms with Crippen LogP contribution in [-0.4, -0.2) is 44.2 Å². The van der Waals surface area contributed by atoms with E-state index >= 15 is 0 Å². The molecule has 26 heavy (non-hydrogen) atoms. The number of benzene rings is 1. The number of aliphatic hydroxyl groups is 1. The maximum Gasteiger partial charge on any atom is 0.253 e. The van der Waals surface area contributed by atoms with Crippen molar-refractivity contribution in [1.29, 1.82) is 0 Å². The van der Waals surface area contributed by atoms with E-state index in [-0.39, 0.29) is 5.91 Å². The molecule has 5 heteroatoms. The lowest BCUT2D eigenvalue weighted by Gasteiger charge is -2.33. The van der Waals surface area contributed by atoms with Crippen LogP contribution < -0.4 is 0 Å². The number of rotatable bonds is 6. The quantitative estimate of drug-likeness (QED) is 0.866. The molecule has 140 valence electrons. The van der Waals surface area contributed by atoms with Crippen molar-refractivity contribution in [1.82, 2.24) is 14.5 Å². The number of imidazole rings is 1. The summed E-state index contributed by atoms with van der Waals surface area (Å²) in [6.07, 6.45) is 9.26. The highest BCUT2D eigenvalue weighted by molar-refractivity contribution is 5.94. The van der Waals surface area contributed by atoms with Gasteiger partial charge in [0.05, 0.1) is 11.9 Å². The Labute approximate surface area is 155 Å². The molecular weight excluding hydrogens is 326 g/mol. The Hall–Kier alpha value is -2.14. The molecule has 1 amide bonds. The number of hydrogen-bond donors (Lipinski definition) is 1. The van der Waals surface area contributed by atoms with Crippen molar-refractivity contribution >= 4 is 5.91 Å². The van der Waals surface area contributed by atoms with Gasteiger partial charge in [-0.25, -0.2) is 4.98 Å². The predicted molar refractivity (Wildman–Crippen MR) is 102 cm³/mol. The molecule has 1 unspecified atom stereocenters. The molecule has 2 heterocycles. The van der Waals surface area contributed by atoms with E-state index < -0.39 is 5.60 Å². The zero-order chi connectivity index (χ0) is 18.6. The monoisotopic (exact) mass is 355 g/mol. The second-order valence-electron chi connectivity index (χ2n) is 8.03. The van der Waals surface area contributed by atoms with Gasteiger partial charge in [0.2, 0.25) is 0 Å². The number of likely N-dealkylation sites (tertiary alicyclic amines) is 1. The van der Waals surface area contributed by atoms with Crippen LogP contribution in [0.3, 0.4) is 0 Å². The van der Waals surface area contributed by atoms with Crippen molar-refractivity contribution in [3.63, 3.8) is 0 Å². The number of hydrogen-bond acceptors (Lipinski definition) is 3. The van der Waals surface area contributed by atoms with E-state index in [2.05, 4.69) is 9.55 Å². The van der Waals surface area contributed by atoms with Gasteiger partial charge in [0.15, 0.2) is 0 Å². The highest BCUT2D eigenvalue weighted by Crippen LogP contribution is 2.21. The van der Waals surface area contributed by atoms with Gasteiger partial charge < -0.3 is 14.6 Å². The van der Waals surface area contributed by atoms with Crippen molar-refractivity contribution in [3.05, 3.63) is 54.1 Å². The molecule has 0 radical (unpaired) electrons. The van der Waals surface area contributed by atoms with E-state index in [9.17, 15) is 9.90 Å². The minimum Gasteiger partial charge on any atom is -0.390 e. The Morgan fingerprint density at radius 2 is 2.23 bits per heavy atom. The van der Waals surface area contributed by atoms with Crippen LogP contribution in [0.1, 0.15) is 49.0 Å². The number of amides is 1. The summed E-state index contributed by atoms with van der Waals surface area (Å²) >= 11 is 0. The third-order valence-corrected chi connectivity index (χ3v) is 5.03. The molecule has 1 atom stereocenters. The third kappa shape index (κ3) is 5.18. The maximum atomic E-state index is 13.0. The van der Waals surface area contributed by atoms with Gasteiger partial charge in [0.25, 0.3) is 5.91 Å². The fraction of sp³-hybridized carbons (Fsp3) is 0.524. The van der Waals surface area contributed by atoms with Crippen LogP contribution in [0.2, 0.25) is 0 Å². The molecule has 5 nitrogen and oxygen atoms in total. The Morgan fingerprint density at radius 3 is 2.96 bits per heavy atom. The summed E-state index contributed by atoms with van der Waals surface area (Å²) in [6, 6.07) is 7.85. The zero-order valence-corrected chi connectivity index (χ0v) is 15.8. The van der Waals surface area contributed by atoms with Gasteiger partial charge in [0.1, 0.15) is 0 Å². The number of aromatic nitrogens is 2. The van der Waals surface area contributed by atoms with Crippen molar-refractivity contribution in [2.24, 2.45) is 5.92 Å². The lowest BCUT2D eigenvalue weighted by molar-refractivity contribution is 0.0662. The van der Waals surface area contributed by atoms with Crippen LogP contribution in [0.5, 0.6) is 0 Å². The molecule has 1 fully saturated rings. The standard InChI is InChI=1S/C21H29N3O2/c1-21(2,26)9-8-17-5-3-7-19(13-17)20(25)24-11-4-6-18(15-24)14-23-12-10-22-16-23/h3,5,7,10,12-13,16,18,26H,4,6,8-9,11,14-15H2,1-2H3. The van der Waals surface area contributed by atoms with Gasteiger partial charge in [-0.15, -0.1) is 0 Å². The van der Waals surface area contributed by atoms with Gasteiger partial charge in [-0.05, 0) is 63.1 Å². The number of nitrogens with zero attached hydrogens (tertiary/aromatic N) is 3. The van der Waals surface area contributed by atoms with E-state index in [0.717, 1.165) is 50.0 Å². The lowest BCUT2D eigenvalue weighted by Crippen LogP contribution is -2.41. The molecular formula is C21H29N3O2. The fourth-order valence-corrected chi connectivity index (χ4v) is 3.58. The minimum absolute atomic E-state index is 0.116. The van der Waals surface area contributed by atoms with Gasteiger partial charge in [-0.3, -0.25) is 4.79 Å². The molecule has 1 aliphatic rings. The Bertz CT molecular complexity index is 719. The Balaban J connectivity index is 1.62. The fourth-order valence-electron chi connectivity index (χ4n) is 3.58. The third-order valence-electron chi connectivity index (χ3n) is 5.03. The molecule has 0 bridgehead atoms. The number of piperidine rings is 1. The van der Waals surface area contributed by atoms with E-state index in [1.54, 1.807) is 6.20 Å². The van der Waals surface area contributed by atoms with Crippen LogP contribution in [-0.2, 0) is 13.0 Å². The van der Waals surface area contributed by atoms with Crippen LogP contribution >= 0.6 is 0 Å². The van der Waals surface area contributed by atoms with Crippen molar-refractivity contribution in [2.75, 3.05) is 13.1 Å². The Kier molecular flexibility index (Phi) is 5.77. The zero-order valence-electron chi connectivity index (χ0n) is 15.8. The average molecular weight is 355 g/mol. The highest BCUT2D eigenvalue weighted by Gasteiger charge is 2.25. The molecule has 0 spiro atoms. The maximum absolute atomic E-state index is 13.0. The molecule has 1 saturated heterocycles. The number of aryl methyl sites for hydroxylation is 1. The molecule has 3 rings (SSSR count). The van der Waals surface area contributed by atoms with Crippen LogP contribution in [0.15, 0.2) is 43.0 Å². The van der Waals surface area contributed by atoms with Gasteiger partial charge in [-0.2, -0.15) is 0 Å². The largest absolute Gasteiger partial charge is 0.390 e. The summed E-state index contributed by atoms with van der Waals surface area (Å²) < 4.78 is 2.09. The second-order valence-corrected chi connectivity index (χ2v) is 8.03. The molecule has 0 saturated carbocycles. The number of carbonyl (C=O) groups excluding carboxylic acids is 1. The van der Waals surface area contributed by atoms with Gasteiger partial charge in [0, 0.05) is 37.6 Å². The molecule has 1 aliphatic heterocycles. The first kappa shape index (κ1) is 18.6. The SMILES string of the molecule is CC(C)(O)CCc1cccc(C(=O)N2CCCC(Cn3ccnc3)C2)c1. The predicted octanol–water partition coefficient (Wildman–Crippen LogP) is 3.14. The van der Waals surface area contributed by atoms with Crippen LogP contribution in [0, 0.1) is 5.92 Å². The van der Waals surface area contributed by atoms with E-state index in [0.29, 0.717) is 12.3 Å². The van der Waals surface area contributed by atoms with Crippen molar-refractivity contribution in [3.8, 4) is 0 Å². The summed E-state index contributed by atoms with van der Waals surface area (Å²) in [5, 5.41) is 9.91. The molecule has 1 N–H and O–H groups in total. The number of carbonyl (C=O) groups is 1. The lowest BCUT2D eigenvalue weighted by atomic mass is 9.96. The first-order chi connectivity index (χ1) is 12.4. The highest BCUT2D eigenvalue weighted by atomic mass is 16.3. The summed E-state index contributed by atoms with van der Waals surface area (Å²) in [7, 11) is 0. The summed E-state index contributed by atoms with van der Waals surface area (Å²) in [5.74, 6) is 0.589. The summed E-state index contributed by atoms with van der Waals surface area (Å²) in [4.78, 5) is 19.0. The van der Waals surface area contributed by atoms with E-state index in [1.165, 1.54) is 0 Å². The Morgan fingerprint density at radius 1 is 1.38 bits per heavy atom. The summed E-state index contributed by atoms with van der Waals surface area (Å²) in [6.45, 7) is 6.17. The minimum atomic E-state index is -0.687. The topological polar surface area (TPSA) is 58.4 Å². The van der Waals surface area contributed by atoms with Gasteiger partial charge in [-0.1, -0.05) is 12.1 Å². The summed E-state index contributed by atoms with van der Waals surface area (Å²) in [5.41, 5.74) is 1.17. The first-order valence-corrected chi connectivity index (χ1v) is 9.47.